The van der Waals surface area contributed by atoms with Gasteiger partial charge in [-0.05, 0) is 6.92 Å². The quantitative estimate of drug-likeness (QED) is 0.611. The summed E-state index contributed by atoms with van der Waals surface area (Å²) < 4.78 is 4.77. The number of carboxylic acids is 1. The maximum Gasteiger partial charge on any atom is 0.408 e. The Bertz CT molecular complexity index is 319. The van der Waals surface area contributed by atoms with E-state index in [1.54, 1.807) is 0 Å². The van der Waals surface area contributed by atoms with Crippen molar-refractivity contribution in [2.45, 2.75) is 24.5 Å². The summed E-state index contributed by atoms with van der Waals surface area (Å²) in [7, 11) is 1.36. The van der Waals surface area contributed by atoms with Crippen LogP contribution in [-0.2, 0) is 9.53 Å². The summed E-state index contributed by atoms with van der Waals surface area (Å²) in [6.45, 7) is 0.912. The van der Waals surface area contributed by atoms with E-state index < -0.39 is 23.2 Å². The smallest absolute Gasteiger partial charge is 0.408 e. The Labute approximate surface area is 92.2 Å². The molecule has 1 amide bonds. The minimum atomic E-state index is -1.61. The molecule has 0 aromatic heterocycles. The molecule has 2 unspecified atom stereocenters. The van der Waals surface area contributed by atoms with Crippen LogP contribution in [0, 0.1) is 0 Å². The van der Waals surface area contributed by atoms with Gasteiger partial charge >= 0.3 is 12.1 Å². The van der Waals surface area contributed by atoms with Gasteiger partial charge in [0.2, 0.25) is 0 Å². The maximum atomic E-state index is 11.1. The molecule has 0 aromatic rings. The number of ether oxygens (including phenoxy) is 1. The average molecular weight is 233 g/mol. The zero-order valence-corrected chi connectivity index (χ0v) is 9.13. The molecule has 0 aromatic carbocycles. The molecular weight excluding hydrogens is 218 g/mol. The highest BCUT2D eigenvalue weighted by molar-refractivity contribution is 5.84. The van der Waals surface area contributed by atoms with Gasteiger partial charge in [-0.15, -0.1) is 0 Å². The minimum Gasteiger partial charge on any atom is -0.480 e. The van der Waals surface area contributed by atoms with Crippen LogP contribution in [0.15, 0.2) is 0 Å². The van der Waals surface area contributed by atoms with Gasteiger partial charge in [0.1, 0.15) is 11.1 Å². The van der Waals surface area contributed by atoms with Crippen molar-refractivity contribution in [3.8, 4) is 0 Å². The first-order valence-electron chi connectivity index (χ1n) is 4.70. The number of carboxylic acid groups (broad SMARTS) is 2. The third kappa shape index (κ3) is 1.96. The Hall–Kier alpha value is -1.34. The second-order valence-electron chi connectivity index (χ2n) is 4.28. The van der Waals surface area contributed by atoms with Gasteiger partial charge in [0, 0.05) is 13.5 Å². The SMILES string of the molecule is COCC1(O)CN(C(=O)O)C(C)(C(=O)O)C1. The van der Waals surface area contributed by atoms with E-state index in [0.29, 0.717) is 0 Å². The van der Waals surface area contributed by atoms with Crippen LogP contribution in [0.25, 0.3) is 0 Å². The molecule has 0 spiro atoms. The molecule has 7 nitrogen and oxygen atoms in total. The molecule has 1 saturated heterocycles. The second-order valence-corrected chi connectivity index (χ2v) is 4.28. The monoisotopic (exact) mass is 233 g/mol. The van der Waals surface area contributed by atoms with E-state index in [9.17, 15) is 14.7 Å². The molecule has 0 bridgehead atoms. The molecule has 92 valence electrons. The van der Waals surface area contributed by atoms with Crippen LogP contribution in [0.1, 0.15) is 13.3 Å². The number of aliphatic carboxylic acids is 1. The summed E-state index contributed by atoms with van der Waals surface area (Å²) in [6, 6.07) is 0. The highest BCUT2D eigenvalue weighted by Gasteiger charge is 2.56. The number of likely N-dealkylation sites (tertiary alicyclic amines) is 1. The molecule has 16 heavy (non-hydrogen) atoms. The Morgan fingerprint density at radius 3 is 2.31 bits per heavy atom. The lowest BCUT2D eigenvalue weighted by molar-refractivity contribution is -0.148. The van der Waals surface area contributed by atoms with Crippen molar-refractivity contribution in [3.63, 3.8) is 0 Å². The van der Waals surface area contributed by atoms with E-state index in [4.69, 9.17) is 14.9 Å². The zero-order chi connectivity index (χ0) is 12.6. The van der Waals surface area contributed by atoms with E-state index in [-0.39, 0.29) is 19.6 Å². The molecule has 1 rings (SSSR count). The number of rotatable bonds is 3. The first-order chi connectivity index (χ1) is 7.25. The van der Waals surface area contributed by atoms with Gasteiger partial charge in [0.05, 0.1) is 13.2 Å². The van der Waals surface area contributed by atoms with Gasteiger partial charge < -0.3 is 20.1 Å². The molecule has 3 N–H and O–H groups in total. The average Bonchev–Trinajstić information content (AvgIpc) is 2.40. The molecule has 1 fully saturated rings. The lowest BCUT2D eigenvalue weighted by Gasteiger charge is -2.27. The second kappa shape index (κ2) is 3.91. The Balaban J connectivity index is 3.01. The van der Waals surface area contributed by atoms with Crippen LogP contribution in [0.4, 0.5) is 4.79 Å². The summed E-state index contributed by atoms with van der Waals surface area (Å²) in [5.41, 5.74) is -3.06. The number of hydrogen-bond acceptors (Lipinski definition) is 4. The first kappa shape index (κ1) is 12.7. The molecule has 1 heterocycles. The van der Waals surface area contributed by atoms with Crippen molar-refractivity contribution in [1.29, 1.82) is 0 Å². The van der Waals surface area contributed by atoms with Crippen LogP contribution < -0.4 is 0 Å². The molecule has 0 saturated carbocycles. The maximum absolute atomic E-state index is 11.1. The number of nitrogens with zero attached hydrogens (tertiary/aromatic N) is 1. The highest BCUT2D eigenvalue weighted by atomic mass is 16.5. The molecule has 1 aliphatic rings. The Morgan fingerprint density at radius 2 is 2.00 bits per heavy atom. The van der Waals surface area contributed by atoms with E-state index >= 15 is 0 Å². The van der Waals surface area contributed by atoms with E-state index in [1.165, 1.54) is 14.0 Å². The number of aliphatic hydroxyl groups is 1. The van der Waals surface area contributed by atoms with E-state index in [2.05, 4.69) is 0 Å². The van der Waals surface area contributed by atoms with Gasteiger partial charge in [0.25, 0.3) is 0 Å². The summed E-state index contributed by atoms with van der Waals surface area (Å²) in [5, 5.41) is 27.9. The molecule has 7 heteroatoms. The highest BCUT2D eigenvalue weighted by Crippen LogP contribution is 2.36. The number of carbonyl (C=O) groups is 2. The minimum absolute atomic E-state index is 0.0976. The van der Waals surface area contributed by atoms with Crippen molar-refractivity contribution in [3.05, 3.63) is 0 Å². The molecule has 0 aliphatic carbocycles. The summed E-state index contributed by atoms with van der Waals surface area (Å²) >= 11 is 0. The largest absolute Gasteiger partial charge is 0.480 e. The fourth-order valence-corrected chi connectivity index (χ4v) is 2.10. The van der Waals surface area contributed by atoms with Crippen LogP contribution in [0.2, 0.25) is 0 Å². The van der Waals surface area contributed by atoms with Crippen LogP contribution in [0.5, 0.6) is 0 Å². The van der Waals surface area contributed by atoms with Gasteiger partial charge in [0.15, 0.2) is 0 Å². The lowest BCUT2D eigenvalue weighted by Crippen LogP contribution is -2.50. The van der Waals surface area contributed by atoms with Crippen LogP contribution in [0.3, 0.4) is 0 Å². The van der Waals surface area contributed by atoms with Crippen molar-refractivity contribution in [2.75, 3.05) is 20.3 Å². The standard InChI is InChI=1S/C9H15NO6/c1-8(6(11)12)3-9(15,5-16-2)4-10(8)7(13)14/h15H,3-5H2,1-2H3,(H,11,12)(H,13,14). The first-order valence-corrected chi connectivity index (χ1v) is 4.70. The normalized spacial score (nSPS) is 34.1. The Kier molecular flexibility index (Phi) is 3.11. The van der Waals surface area contributed by atoms with Gasteiger partial charge in [-0.3, -0.25) is 4.90 Å². The lowest BCUT2D eigenvalue weighted by atomic mass is 9.92. The van der Waals surface area contributed by atoms with Crippen molar-refractivity contribution in [1.82, 2.24) is 4.90 Å². The predicted octanol–water partition coefficient (Wildman–Crippen LogP) is -0.409. The van der Waals surface area contributed by atoms with Crippen molar-refractivity contribution < 1.29 is 29.6 Å². The van der Waals surface area contributed by atoms with E-state index in [0.717, 1.165) is 4.90 Å². The number of amides is 1. The van der Waals surface area contributed by atoms with Gasteiger partial charge in [-0.2, -0.15) is 0 Å². The molecule has 2 atom stereocenters. The Morgan fingerprint density at radius 1 is 1.44 bits per heavy atom. The third-order valence-electron chi connectivity index (χ3n) is 2.83. The summed E-state index contributed by atoms with van der Waals surface area (Å²) in [5.74, 6) is -1.28. The fourth-order valence-electron chi connectivity index (χ4n) is 2.10. The topological polar surface area (TPSA) is 107 Å². The third-order valence-corrected chi connectivity index (χ3v) is 2.83. The number of methoxy groups -OCH3 is 1. The van der Waals surface area contributed by atoms with Crippen molar-refractivity contribution >= 4 is 12.1 Å². The van der Waals surface area contributed by atoms with Gasteiger partial charge in [-0.25, -0.2) is 9.59 Å². The number of hydrogen-bond donors (Lipinski definition) is 3. The fraction of sp³-hybridized carbons (Fsp3) is 0.778. The zero-order valence-electron chi connectivity index (χ0n) is 9.13. The molecular formula is C9H15NO6. The van der Waals surface area contributed by atoms with Crippen LogP contribution >= 0.6 is 0 Å². The summed E-state index contributed by atoms with van der Waals surface area (Å²) in [6.07, 6.45) is -1.55. The van der Waals surface area contributed by atoms with Gasteiger partial charge in [-0.1, -0.05) is 0 Å². The predicted molar refractivity (Wildman–Crippen MR) is 52.2 cm³/mol. The summed E-state index contributed by atoms with van der Waals surface area (Å²) in [4.78, 5) is 22.7. The van der Waals surface area contributed by atoms with Crippen molar-refractivity contribution in [2.24, 2.45) is 0 Å². The van der Waals surface area contributed by atoms with E-state index in [1.807, 2.05) is 0 Å². The van der Waals surface area contributed by atoms with Crippen LogP contribution in [-0.4, -0.2) is 63.7 Å². The molecule has 0 radical (unpaired) electrons. The molecule has 1 aliphatic heterocycles. The number of β-amino-alcohol motifs (C(OH)–C–C–N with tert-alkyl or cyclic N) is 1.